The van der Waals surface area contributed by atoms with Gasteiger partial charge in [-0.05, 0) is 79.5 Å². The first-order chi connectivity index (χ1) is 20.4. The van der Waals surface area contributed by atoms with Gasteiger partial charge in [0.15, 0.2) is 6.20 Å². The molecule has 5 aromatic rings. The van der Waals surface area contributed by atoms with Crippen LogP contribution >= 0.6 is 0 Å². The molecular weight excluding hydrogens is 541 g/mol. The van der Waals surface area contributed by atoms with Crippen LogP contribution in [0.4, 0.5) is 0 Å². The molecule has 0 saturated carbocycles. The Kier molecular flexibility index (Phi) is 6.44. The van der Waals surface area contributed by atoms with Crippen LogP contribution in [0.25, 0.3) is 33.2 Å². The Morgan fingerprint density at radius 1 is 1.00 bits per heavy atom. The largest absolute Gasteiger partial charge is 0.455 e. The molecule has 0 radical (unpaired) electrons. The zero-order valence-electron chi connectivity index (χ0n) is 26.9. The van der Waals surface area contributed by atoms with Crippen molar-refractivity contribution in [2.24, 2.45) is 4.99 Å². The van der Waals surface area contributed by atoms with Crippen LogP contribution in [0, 0.1) is 13.8 Å². The summed E-state index contributed by atoms with van der Waals surface area (Å²) in [4.78, 5) is 5.36. The van der Waals surface area contributed by atoms with E-state index in [4.69, 9.17) is 16.0 Å². The molecule has 2 aliphatic rings. The minimum atomic E-state index is -1.62. The van der Waals surface area contributed by atoms with Crippen molar-refractivity contribution < 1.29 is 8.98 Å². The van der Waals surface area contributed by atoms with E-state index in [9.17, 15) is 0 Å². The van der Waals surface area contributed by atoms with E-state index in [2.05, 4.69) is 120 Å². The molecule has 0 aliphatic carbocycles. The second-order valence-electron chi connectivity index (χ2n) is 14.2. The van der Waals surface area contributed by atoms with Gasteiger partial charge >= 0.3 is 0 Å². The fourth-order valence-electron chi connectivity index (χ4n) is 7.82. The predicted molar refractivity (Wildman–Crippen MR) is 184 cm³/mol. The maximum atomic E-state index is 6.66. The summed E-state index contributed by atoms with van der Waals surface area (Å²) in [6, 6.07) is 20.5. The first-order valence-corrected chi connectivity index (χ1v) is 19.3. The van der Waals surface area contributed by atoms with Gasteiger partial charge < -0.3 is 4.42 Å². The Balaban J connectivity index is 1.48. The lowest BCUT2D eigenvalue weighted by molar-refractivity contribution is -0.708. The van der Waals surface area contributed by atoms with E-state index in [0.29, 0.717) is 5.92 Å². The van der Waals surface area contributed by atoms with Gasteiger partial charge in [-0.2, -0.15) is 4.57 Å². The van der Waals surface area contributed by atoms with E-state index in [-0.39, 0.29) is 12.0 Å². The highest BCUT2D eigenvalue weighted by atomic mass is 28.3. The van der Waals surface area contributed by atoms with E-state index >= 15 is 0 Å². The van der Waals surface area contributed by atoms with E-state index < -0.39 is 8.07 Å². The summed E-state index contributed by atoms with van der Waals surface area (Å²) in [5.74, 6) is 0.742. The first-order valence-electron chi connectivity index (χ1n) is 15.8. The quantitative estimate of drug-likeness (QED) is 0.150. The molecule has 0 saturated heterocycles. The molecule has 43 heavy (non-hydrogen) atoms. The number of furan rings is 1. The van der Waals surface area contributed by atoms with Gasteiger partial charge in [0.1, 0.15) is 16.9 Å². The van der Waals surface area contributed by atoms with Gasteiger partial charge in [0.05, 0.1) is 14.0 Å². The molecule has 218 valence electrons. The Morgan fingerprint density at radius 2 is 1.77 bits per heavy atom. The van der Waals surface area contributed by atoms with Crippen molar-refractivity contribution >= 4 is 40.9 Å². The summed E-state index contributed by atoms with van der Waals surface area (Å²) in [5, 5.41) is 3.92. The van der Waals surface area contributed by atoms with Crippen molar-refractivity contribution in [1.82, 2.24) is 0 Å². The molecule has 0 fully saturated rings. The third-order valence-corrected chi connectivity index (χ3v) is 11.8. The standard InChI is InChI=1S/C39H43N2OSi/c1-22(2)32-20-33-29-13-11-10-12-28(29)30-17-15-27-19-24(4)36-31-16-14-23(3)18-34(31)42-39(36)37(27)25(5)40-26(6)38(30)41(33)21-35(32)43(7,8)9/h10-14,16,18-22,30,38H,6,15,17H2,1-5,7-9H3/q+1/b40-25-. The van der Waals surface area contributed by atoms with Crippen molar-refractivity contribution in [2.45, 2.75) is 85.0 Å². The van der Waals surface area contributed by atoms with Crippen LogP contribution < -0.4 is 9.75 Å². The Bertz CT molecular complexity index is 2000. The highest BCUT2D eigenvalue weighted by Gasteiger charge is 2.44. The zero-order chi connectivity index (χ0) is 30.4. The number of pyridine rings is 1. The number of rotatable bonds is 2. The fraction of sp³-hybridized carbons (Fsp3) is 0.333. The van der Waals surface area contributed by atoms with Gasteiger partial charge in [0, 0.05) is 38.9 Å². The van der Waals surface area contributed by atoms with Gasteiger partial charge in [-0.3, -0.25) is 4.99 Å². The van der Waals surface area contributed by atoms with Gasteiger partial charge in [0.2, 0.25) is 11.7 Å². The zero-order valence-corrected chi connectivity index (χ0v) is 27.9. The Hall–Kier alpha value is -3.76. The van der Waals surface area contributed by atoms with E-state index in [1.807, 2.05) is 0 Å². The van der Waals surface area contributed by atoms with Crippen molar-refractivity contribution in [3.63, 3.8) is 0 Å². The van der Waals surface area contributed by atoms with Gasteiger partial charge in [-0.25, -0.2) is 0 Å². The van der Waals surface area contributed by atoms with Gasteiger partial charge in [0.25, 0.3) is 0 Å². The molecule has 3 nitrogen and oxygen atoms in total. The number of fused-ring (bicyclic) bond motifs is 11. The molecule has 2 aliphatic heterocycles. The van der Waals surface area contributed by atoms with Crippen molar-refractivity contribution in [1.29, 1.82) is 0 Å². The molecule has 0 bridgehead atoms. The molecule has 0 spiro atoms. The van der Waals surface area contributed by atoms with Crippen LogP contribution in [0.2, 0.25) is 19.6 Å². The third kappa shape index (κ3) is 4.37. The Morgan fingerprint density at radius 3 is 2.51 bits per heavy atom. The monoisotopic (exact) mass is 583 g/mol. The fourth-order valence-corrected chi connectivity index (χ4v) is 9.58. The summed E-state index contributed by atoms with van der Waals surface area (Å²) < 4.78 is 9.21. The number of hydrogen-bond donors (Lipinski definition) is 0. The normalized spacial score (nSPS) is 19.7. The first kappa shape index (κ1) is 28.0. The smallest absolute Gasteiger partial charge is 0.213 e. The molecule has 0 N–H and O–H groups in total. The average molecular weight is 584 g/mol. The number of hydrogen-bond acceptors (Lipinski definition) is 2. The maximum absolute atomic E-state index is 6.66. The molecule has 4 heterocycles. The molecule has 3 aromatic carbocycles. The van der Waals surface area contributed by atoms with Crippen LogP contribution in [0.3, 0.4) is 0 Å². The number of nitrogens with zero attached hydrogens (tertiary/aromatic N) is 2. The minimum Gasteiger partial charge on any atom is -0.455 e. The van der Waals surface area contributed by atoms with E-state index in [1.54, 1.807) is 0 Å². The third-order valence-electron chi connectivity index (χ3n) is 9.81. The van der Waals surface area contributed by atoms with Crippen molar-refractivity contribution in [3.8, 4) is 11.3 Å². The lowest BCUT2D eigenvalue weighted by Gasteiger charge is -2.32. The molecular formula is C39H43N2OSi+. The molecule has 0 amide bonds. The second-order valence-corrected chi connectivity index (χ2v) is 19.3. The van der Waals surface area contributed by atoms with Crippen molar-refractivity contribution in [2.75, 3.05) is 0 Å². The average Bonchev–Trinajstić information content (AvgIpc) is 3.34. The lowest BCUT2D eigenvalue weighted by atomic mass is 9.78. The summed E-state index contributed by atoms with van der Waals surface area (Å²) in [5.41, 5.74) is 14.3. The van der Waals surface area contributed by atoms with Crippen LogP contribution in [-0.4, -0.2) is 13.8 Å². The van der Waals surface area contributed by atoms with Crippen LogP contribution in [0.15, 0.2) is 82.5 Å². The van der Waals surface area contributed by atoms with Crippen LogP contribution in [-0.2, 0) is 6.42 Å². The predicted octanol–water partition coefficient (Wildman–Crippen LogP) is 9.43. The summed E-state index contributed by atoms with van der Waals surface area (Å²) in [6.45, 7) is 23.3. The van der Waals surface area contributed by atoms with Gasteiger partial charge in [-0.15, -0.1) is 0 Å². The maximum Gasteiger partial charge on any atom is 0.213 e. The highest BCUT2D eigenvalue weighted by Crippen LogP contribution is 2.46. The number of allylic oxidation sites excluding steroid dienone is 1. The topological polar surface area (TPSA) is 29.4 Å². The van der Waals surface area contributed by atoms with Crippen molar-refractivity contribution in [3.05, 3.63) is 106 Å². The van der Waals surface area contributed by atoms with E-state index in [1.165, 1.54) is 55.0 Å². The number of benzene rings is 3. The summed E-state index contributed by atoms with van der Waals surface area (Å²) in [6.07, 6.45) is 4.47. The molecule has 7 rings (SSSR count). The van der Waals surface area contributed by atoms with Crippen LogP contribution in [0.1, 0.15) is 78.5 Å². The number of aryl methyl sites for hydroxylation is 3. The molecule has 4 heteroatoms. The summed E-state index contributed by atoms with van der Waals surface area (Å²) >= 11 is 0. The molecule has 2 atom stereocenters. The lowest BCUT2D eigenvalue weighted by Crippen LogP contribution is -2.54. The minimum absolute atomic E-state index is 0.0559. The summed E-state index contributed by atoms with van der Waals surface area (Å²) in [7, 11) is -1.62. The molecule has 2 unspecified atom stereocenters. The van der Waals surface area contributed by atoms with Crippen LogP contribution in [0.5, 0.6) is 0 Å². The van der Waals surface area contributed by atoms with Gasteiger partial charge in [-0.1, -0.05) is 76.5 Å². The van der Waals surface area contributed by atoms with E-state index in [0.717, 1.165) is 41.0 Å². The SMILES string of the molecule is C=C1/N=C(/C)c2c(cc(C)c3c2oc2cc(C)ccc23)CCC2c3ccccc3-c3cc(C(C)C)c([Si](C)(C)C)c[n+]3C12. The number of aromatic nitrogens is 1. The number of aliphatic imine (C=N–C) groups is 1. The Labute approximate surface area is 257 Å². The second kappa shape index (κ2) is 9.88. The molecule has 2 aromatic heterocycles. The highest BCUT2D eigenvalue weighted by molar-refractivity contribution is 6.89.